The average molecular weight is 365 g/mol. The van der Waals surface area contributed by atoms with Crippen LogP contribution in [0.4, 0.5) is 0 Å². The van der Waals surface area contributed by atoms with E-state index in [4.69, 9.17) is 4.55 Å². The van der Waals surface area contributed by atoms with Crippen LogP contribution in [0.15, 0.2) is 60.7 Å². The molecule has 0 fully saturated rings. The molecule has 2 rings (SSSR count). The molecule has 25 heavy (non-hydrogen) atoms. The van der Waals surface area contributed by atoms with Crippen LogP contribution in [-0.2, 0) is 10.1 Å². The topological polar surface area (TPSA) is 98.1 Å². The second-order valence-corrected chi connectivity index (χ2v) is 7.47. The maximum absolute atomic E-state index is 11.1. The summed E-state index contributed by atoms with van der Waals surface area (Å²) >= 11 is 0. The van der Waals surface area contributed by atoms with Crippen LogP contribution in [0.25, 0.3) is 0 Å². The molecule has 136 valence electrons. The van der Waals surface area contributed by atoms with Crippen molar-refractivity contribution in [3.05, 3.63) is 71.8 Å². The molecule has 0 aromatic heterocycles. The number of hydrogen-bond donors (Lipinski definition) is 3. The minimum absolute atomic E-state index is 0.00657. The second kappa shape index (κ2) is 9.07. The number of aliphatic hydroxyl groups is 2. The van der Waals surface area contributed by atoms with E-state index in [2.05, 4.69) is 0 Å². The molecule has 0 bridgehead atoms. The molecule has 2 unspecified atom stereocenters. The Hall–Kier alpha value is -1.77. The predicted molar refractivity (Wildman–Crippen MR) is 95.7 cm³/mol. The molecule has 6 nitrogen and oxygen atoms in total. The fraction of sp³-hybridized carbons (Fsp3) is 0.333. The van der Waals surface area contributed by atoms with Gasteiger partial charge in [0.1, 0.15) is 0 Å². The highest BCUT2D eigenvalue weighted by atomic mass is 32.2. The van der Waals surface area contributed by atoms with E-state index in [1.807, 2.05) is 12.1 Å². The highest BCUT2D eigenvalue weighted by molar-refractivity contribution is 7.85. The van der Waals surface area contributed by atoms with Crippen molar-refractivity contribution in [3.8, 4) is 0 Å². The van der Waals surface area contributed by atoms with Gasteiger partial charge >= 0.3 is 0 Å². The molecule has 0 saturated heterocycles. The summed E-state index contributed by atoms with van der Waals surface area (Å²) in [6, 6.07) is 18.0. The summed E-state index contributed by atoms with van der Waals surface area (Å²) in [6.07, 6.45) is -1.66. The highest BCUT2D eigenvalue weighted by Crippen LogP contribution is 2.18. The summed E-state index contributed by atoms with van der Waals surface area (Å²) < 4.78 is 31.1. The van der Waals surface area contributed by atoms with Gasteiger partial charge in [-0.25, -0.2) is 0 Å². The van der Waals surface area contributed by atoms with E-state index >= 15 is 0 Å². The zero-order valence-electron chi connectivity index (χ0n) is 13.8. The van der Waals surface area contributed by atoms with E-state index in [-0.39, 0.29) is 19.6 Å². The molecule has 0 saturated carbocycles. The molecule has 2 aromatic carbocycles. The molecule has 0 aliphatic carbocycles. The average Bonchev–Trinajstić information content (AvgIpc) is 2.60. The van der Waals surface area contributed by atoms with E-state index < -0.39 is 28.1 Å². The van der Waals surface area contributed by atoms with E-state index in [1.165, 1.54) is 0 Å². The Bertz CT molecular complexity index is 689. The summed E-state index contributed by atoms with van der Waals surface area (Å²) in [5.74, 6) is -0.462. The van der Waals surface area contributed by atoms with Gasteiger partial charge in [-0.3, -0.25) is 9.45 Å². The molecule has 2 atom stereocenters. The Balaban J connectivity index is 2.06. The standard InChI is InChI=1S/C18H23NO5S/c20-17(15-7-3-1-4-8-15)13-19(11-12-25(22,23)24)14-18(21)16-9-5-2-6-10-16/h1-10,17-18,20-21H,11-14H2,(H,22,23,24). The number of benzene rings is 2. The number of hydrogen-bond acceptors (Lipinski definition) is 5. The highest BCUT2D eigenvalue weighted by Gasteiger charge is 2.19. The van der Waals surface area contributed by atoms with Gasteiger partial charge in [0.15, 0.2) is 0 Å². The Morgan fingerprint density at radius 3 is 1.56 bits per heavy atom. The number of nitrogens with zero attached hydrogens (tertiary/aromatic N) is 1. The third-order valence-electron chi connectivity index (χ3n) is 3.90. The maximum Gasteiger partial charge on any atom is 0.266 e. The van der Waals surface area contributed by atoms with Crippen molar-refractivity contribution in [1.29, 1.82) is 0 Å². The number of aliphatic hydroxyl groups excluding tert-OH is 2. The molecule has 0 aliphatic rings. The van der Waals surface area contributed by atoms with Crippen LogP contribution in [0.3, 0.4) is 0 Å². The van der Waals surface area contributed by atoms with Gasteiger partial charge in [0, 0.05) is 19.6 Å². The van der Waals surface area contributed by atoms with Gasteiger partial charge in [0.05, 0.1) is 18.0 Å². The minimum atomic E-state index is -4.12. The van der Waals surface area contributed by atoms with Crippen LogP contribution in [0.5, 0.6) is 0 Å². The van der Waals surface area contributed by atoms with Gasteiger partial charge in [-0.2, -0.15) is 8.42 Å². The zero-order chi connectivity index (χ0) is 18.3. The summed E-state index contributed by atoms with van der Waals surface area (Å²) in [5, 5.41) is 20.7. The lowest BCUT2D eigenvalue weighted by Crippen LogP contribution is -2.36. The fourth-order valence-electron chi connectivity index (χ4n) is 2.55. The molecule has 2 aromatic rings. The molecule has 0 heterocycles. The van der Waals surface area contributed by atoms with Crippen LogP contribution in [0.1, 0.15) is 23.3 Å². The first-order chi connectivity index (χ1) is 11.8. The molecule has 0 amide bonds. The Morgan fingerprint density at radius 1 is 0.800 bits per heavy atom. The lowest BCUT2D eigenvalue weighted by atomic mass is 10.1. The summed E-state index contributed by atoms with van der Waals surface area (Å²) in [5.41, 5.74) is 1.40. The molecule has 3 N–H and O–H groups in total. The van der Waals surface area contributed by atoms with Crippen LogP contribution < -0.4 is 0 Å². The Kier molecular flexibility index (Phi) is 7.10. The van der Waals surface area contributed by atoms with Crippen molar-refractivity contribution in [3.63, 3.8) is 0 Å². The first-order valence-corrected chi connectivity index (χ1v) is 9.59. The first-order valence-electron chi connectivity index (χ1n) is 7.98. The van der Waals surface area contributed by atoms with E-state index in [9.17, 15) is 18.6 Å². The van der Waals surface area contributed by atoms with Crippen molar-refractivity contribution in [2.24, 2.45) is 0 Å². The fourth-order valence-corrected chi connectivity index (χ4v) is 3.04. The van der Waals surface area contributed by atoms with Crippen LogP contribution in [0, 0.1) is 0 Å². The van der Waals surface area contributed by atoms with E-state index in [1.54, 1.807) is 53.4 Å². The van der Waals surface area contributed by atoms with Crippen molar-refractivity contribution in [2.75, 3.05) is 25.4 Å². The van der Waals surface area contributed by atoms with E-state index in [0.29, 0.717) is 11.1 Å². The van der Waals surface area contributed by atoms with Gasteiger partial charge < -0.3 is 10.2 Å². The van der Waals surface area contributed by atoms with Crippen LogP contribution >= 0.6 is 0 Å². The first kappa shape index (κ1) is 19.6. The maximum atomic E-state index is 11.1. The third kappa shape index (κ3) is 6.93. The van der Waals surface area contributed by atoms with Crippen molar-refractivity contribution >= 4 is 10.1 Å². The van der Waals surface area contributed by atoms with Gasteiger partial charge in [0.2, 0.25) is 0 Å². The predicted octanol–water partition coefficient (Wildman–Crippen LogP) is 1.64. The van der Waals surface area contributed by atoms with Gasteiger partial charge in [-0.15, -0.1) is 0 Å². The van der Waals surface area contributed by atoms with Crippen molar-refractivity contribution in [1.82, 2.24) is 4.90 Å². The normalized spacial score (nSPS) is 14.4. The smallest absolute Gasteiger partial charge is 0.266 e. The van der Waals surface area contributed by atoms with Gasteiger partial charge in [-0.1, -0.05) is 60.7 Å². The third-order valence-corrected chi connectivity index (χ3v) is 4.59. The molecule has 0 aliphatic heterocycles. The van der Waals surface area contributed by atoms with Gasteiger partial charge in [-0.05, 0) is 11.1 Å². The second-order valence-electron chi connectivity index (χ2n) is 5.90. The van der Waals surface area contributed by atoms with Crippen LogP contribution in [0.2, 0.25) is 0 Å². The number of rotatable bonds is 9. The summed E-state index contributed by atoms with van der Waals surface area (Å²) in [4.78, 5) is 1.63. The summed E-state index contributed by atoms with van der Waals surface area (Å²) in [7, 11) is -4.12. The van der Waals surface area contributed by atoms with Crippen molar-refractivity contribution < 1.29 is 23.2 Å². The molecular weight excluding hydrogens is 342 g/mol. The largest absolute Gasteiger partial charge is 0.387 e. The Morgan fingerprint density at radius 2 is 1.20 bits per heavy atom. The molecule has 7 heteroatoms. The zero-order valence-corrected chi connectivity index (χ0v) is 14.6. The SMILES string of the molecule is O=S(=O)(O)CCN(CC(O)c1ccccc1)CC(O)c1ccccc1. The Labute approximate surface area is 148 Å². The molecule has 0 spiro atoms. The summed E-state index contributed by atoms with van der Waals surface area (Å²) in [6.45, 7) is 0.291. The molecule has 0 radical (unpaired) electrons. The lowest BCUT2D eigenvalue weighted by Gasteiger charge is -2.27. The van der Waals surface area contributed by atoms with Gasteiger partial charge in [0.25, 0.3) is 10.1 Å². The lowest BCUT2D eigenvalue weighted by molar-refractivity contribution is 0.0720. The minimum Gasteiger partial charge on any atom is -0.387 e. The van der Waals surface area contributed by atoms with E-state index in [0.717, 1.165) is 0 Å². The van der Waals surface area contributed by atoms with Crippen LogP contribution in [-0.4, -0.2) is 53.5 Å². The van der Waals surface area contributed by atoms with Crippen molar-refractivity contribution in [2.45, 2.75) is 12.2 Å². The monoisotopic (exact) mass is 365 g/mol. The molecular formula is C18H23NO5S. The quantitative estimate of drug-likeness (QED) is 0.585.